The first kappa shape index (κ1) is 19.2. The molecule has 2 aromatic carbocycles. The van der Waals surface area contributed by atoms with Crippen LogP contribution in [-0.4, -0.2) is 9.61 Å². The highest BCUT2D eigenvalue weighted by Gasteiger charge is 2.20. The number of nitrogens with zero attached hydrogens (tertiary/aromatic N) is 3. The zero-order chi connectivity index (χ0) is 21.7. The fourth-order valence-corrected chi connectivity index (χ4v) is 3.81. The quantitative estimate of drug-likeness (QED) is 0.384. The Bertz CT molecular complexity index is 1580. The Morgan fingerprint density at radius 3 is 2.19 bits per heavy atom. The summed E-state index contributed by atoms with van der Waals surface area (Å²) in [5.74, 6) is 0.410. The number of hydrogen-bond acceptors (Lipinski definition) is 5. The van der Waals surface area contributed by atoms with Gasteiger partial charge in [0.2, 0.25) is 0 Å². The first-order chi connectivity index (χ1) is 15.0. The maximum Gasteiger partial charge on any atom is 0.347 e. The highest BCUT2D eigenvalue weighted by atomic mass is 35.5. The van der Waals surface area contributed by atoms with E-state index in [9.17, 15) is 10.1 Å². The molecule has 0 amide bonds. The van der Waals surface area contributed by atoms with Gasteiger partial charge < -0.3 is 10.2 Å². The van der Waals surface area contributed by atoms with Crippen molar-refractivity contribution >= 4 is 45.3 Å². The Labute approximate surface area is 185 Å². The van der Waals surface area contributed by atoms with Crippen LogP contribution < -0.4 is 11.4 Å². The van der Waals surface area contributed by atoms with Gasteiger partial charge in [-0.1, -0.05) is 35.3 Å². The lowest BCUT2D eigenvalue weighted by Crippen LogP contribution is -2.10. The average Bonchev–Trinajstić information content (AvgIpc) is 3.20. The largest absolute Gasteiger partial charge is 0.422 e. The van der Waals surface area contributed by atoms with Crippen molar-refractivity contribution in [3.8, 4) is 28.7 Å². The van der Waals surface area contributed by atoms with E-state index in [1.54, 1.807) is 48.5 Å². The standard InChI is InChI=1S/C23H12Cl2N4O2/c24-14-5-1-12(2-6-14)18-10-19-17(11-26)16-9-20(13-3-7-15(25)8-4-13)31-23(30)21(16)22(27)29(19)28-18/h1-10H,27H2. The lowest BCUT2D eigenvalue weighted by molar-refractivity contribution is 0.534. The molecule has 2 N–H and O–H groups in total. The monoisotopic (exact) mass is 446 g/mol. The number of hydrogen-bond donors (Lipinski definition) is 1. The van der Waals surface area contributed by atoms with Crippen LogP contribution in [0.3, 0.4) is 0 Å². The number of fused-ring (bicyclic) bond motifs is 2. The number of halogens is 2. The fraction of sp³-hybridized carbons (Fsp3) is 0. The minimum Gasteiger partial charge on any atom is -0.422 e. The maximum absolute atomic E-state index is 12.8. The lowest BCUT2D eigenvalue weighted by Gasteiger charge is -2.08. The van der Waals surface area contributed by atoms with E-state index in [4.69, 9.17) is 33.4 Å². The summed E-state index contributed by atoms with van der Waals surface area (Å²) in [5.41, 5.74) is 8.46. The van der Waals surface area contributed by atoms with Crippen LogP contribution in [0.5, 0.6) is 0 Å². The lowest BCUT2D eigenvalue weighted by atomic mass is 10.0. The van der Waals surface area contributed by atoms with Gasteiger partial charge in [0.25, 0.3) is 0 Å². The first-order valence-corrected chi connectivity index (χ1v) is 9.93. The predicted molar refractivity (Wildman–Crippen MR) is 121 cm³/mol. The second kappa shape index (κ2) is 7.17. The highest BCUT2D eigenvalue weighted by Crippen LogP contribution is 2.32. The van der Waals surface area contributed by atoms with Crippen molar-refractivity contribution in [1.29, 1.82) is 5.26 Å². The highest BCUT2D eigenvalue weighted by molar-refractivity contribution is 6.30. The molecule has 3 aromatic heterocycles. The van der Waals surface area contributed by atoms with Crippen LogP contribution in [0.25, 0.3) is 38.9 Å². The average molecular weight is 447 g/mol. The van der Waals surface area contributed by atoms with Crippen molar-refractivity contribution in [3.63, 3.8) is 0 Å². The van der Waals surface area contributed by atoms with Crippen molar-refractivity contribution < 1.29 is 4.42 Å². The first-order valence-electron chi connectivity index (χ1n) is 9.17. The van der Waals surface area contributed by atoms with E-state index >= 15 is 0 Å². The SMILES string of the molecule is N#Cc1c2cc(-c3ccc(Cl)cc3)oc(=O)c2c(N)n2nc(-c3ccc(Cl)cc3)cc12. The van der Waals surface area contributed by atoms with E-state index in [1.807, 2.05) is 12.1 Å². The van der Waals surface area contributed by atoms with Crippen LogP contribution in [-0.2, 0) is 0 Å². The Kier molecular flexibility index (Phi) is 4.44. The summed E-state index contributed by atoms with van der Waals surface area (Å²) < 4.78 is 6.90. The molecule has 0 saturated carbocycles. The van der Waals surface area contributed by atoms with Gasteiger partial charge in [0, 0.05) is 26.6 Å². The summed E-state index contributed by atoms with van der Waals surface area (Å²) in [6.07, 6.45) is 0. The third-order valence-electron chi connectivity index (χ3n) is 5.05. The maximum atomic E-state index is 12.8. The van der Waals surface area contributed by atoms with Gasteiger partial charge >= 0.3 is 5.63 Å². The van der Waals surface area contributed by atoms with E-state index in [0.29, 0.717) is 38.0 Å². The van der Waals surface area contributed by atoms with Gasteiger partial charge in [0.15, 0.2) is 0 Å². The van der Waals surface area contributed by atoms with Gasteiger partial charge in [-0.3, -0.25) is 0 Å². The number of aromatic nitrogens is 2. The number of nitriles is 1. The minimum atomic E-state index is -0.651. The molecule has 0 aliphatic rings. The molecule has 6 nitrogen and oxygen atoms in total. The smallest absolute Gasteiger partial charge is 0.347 e. The molecule has 31 heavy (non-hydrogen) atoms. The molecule has 5 aromatic rings. The van der Waals surface area contributed by atoms with Crippen LogP contribution in [0.4, 0.5) is 5.82 Å². The van der Waals surface area contributed by atoms with Crippen LogP contribution >= 0.6 is 23.2 Å². The van der Waals surface area contributed by atoms with Gasteiger partial charge in [-0.25, -0.2) is 9.31 Å². The Morgan fingerprint density at radius 1 is 0.968 bits per heavy atom. The van der Waals surface area contributed by atoms with Crippen molar-refractivity contribution in [2.24, 2.45) is 0 Å². The van der Waals surface area contributed by atoms with Crippen LogP contribution in [0.1, 0.15) is 5.56 Å². The molecule has 8 heteroatoms. The van der Waals surface area contributed by atoms with Crippen LogP contribution in [0.2, 0.25) is 10.0 Å². The minimum absolute atomic E-state index is 0.0978. The second-order valence-electron chi connectivity index (χ2n) is 6.90. The number of pyridine rings is 1. The predicted octanol–water partition coefficient (Wildman–Crippen LogP) is 5.54. The van der Waals surface area contributed by atoms with E-state index in [0.717, 1.165) is 5.56 Å². The van der Waals surface area contributed by atoms with E-state index in [2.05, 4.69) is 11.2 Å². The molecule has 0 atom stereocenters. The molecule has 0 aliphatic heterocycles. The Morgan fingerprint density at radius 2 is 1.58 bits per heavy atom. The van der Waals surface area contributed by atoms with Crippen molar-refractivity contribution in [3.05, 3.63) is 86.7 Å². The van der Waals surface area contributed by atoms with Crippen LogP contribution in [0, 0.1) is 11.3 Å². The topological polar surface area (TPSA) is 97.3 Å². The second-order valence-corrected chi connectivity index (χ2v) is 7.77. The summed E-state index contributed by atoms with van der Waals surface area (Å²) in [6, 6.07) is 19.6. The molecule has 0 saturated heterocycles. The molecule has 0 fully saturated rings. The normalized spacial score (nSPS) is 11.1. The van der Waals surface area contributed by atoms with Crippen molar-refractivity contribution in [2.45, 2.75) is 0 Å². The van der Waals surface area contributed by atoms with E-state index in [1.165, 1.54) is 4.52 Å². The fourth-order valence-electron chi connectivity index (χ4n) is 3.56. The van der Waals surface area contributed by atoms with E-state index < -0.39 is 5.63 Å². The molecule has 0 bridgehead atoms. The molecule has 0 radical (unpaired) electrons. The van der Waals surface area contributed by atoms with Gasteiger partial charge in [0.1, 0.15) is 23.0 Å². The van der Waals surface area contributed by atoms with Gasteiger partial charge in [0.05, 0.1) is 16.8 Å². The number of benzene rings is 2. The molecule has 0 aliphatic carbocycles. The summed E-state index contributed by atoms with van der Waals surface area (Å²) in [5, 5.41) is 16.1. The summed E-state index contributed by atoms with van der Waals surface area (Å²) in [6.45, 7) is 0. The van der Waals surface area contributed by atoms with E-state index in [-0.39, 0.29) is 16.8 Å². The third kappa shape index (κ3) is 3.12. The molecule has 0 spiro atoms. The van der Waals surface area contributed by atoms with Gasteiger partial charge in [-0.15, -0.1) is 0 Å². The molecular weight excluding hydrogens is 435 g/mol. The summed E-state index contributed by atoms with van der Waals surface area (Å²) in [7, 11) is 0. The molecular formula is C23H12Cl2N4O2. The molecule has 0 unspecified atom stereocenters. The molecule has 5 rings (SSSR count). The molecule has 3 heterocycles. The Balaban J connectivity index is 1.82. The number of nitrogen functional groups attached to an aromatic ring is 1. The zero-order valence-corrected chi connectivity index (χ0v) is 17.3. The summed E-state index contributed by atoms with van der Waals surface area (Å²) in [4.78, 5) is 12.8. The third-order valence-corrected chi connectivity index (χ3v) is 5.56. The van der Waals surface area contributed by atoms with Gasteiger partial charge in [-0.2, -0.15) is 10.4 Å². The van der Waals surface area contributed by atoms with Crippen LogP contribution in [0.15, 0.2) is 69.9 Å². The van der Waals surface area contributed by atoms with Crippen molar-refractivity contribution in [2.75, 3.05) is 5.73 Å². The number of anilines is 1. The van der Waals surface area contributed by atoms with Crippen molar-refractivity contribution in [1.82, 2.24) is 9.61 Å². The molecule has 150 valence electrons. The number of nitrogens with two attached hydrogens (primary N) is 1. The van der Waals surface area contributed by atoms with Gasteiger partial charge in [-0.05, 0) is 48.5 Å². The summed E-state index contributed by atoms with van der Waals surface area (Å²) >= 11 is 11.9. The Hall–Kier alpha value is -3.79. The zero-order valence-electron chi connectivity index (χ0n) is 15.8. The number of rotatable bonds is 2.